The molecule has 0 spiro atoms. The maximum Gasteiger partial charge on any atom is -0.00215 e. The van der Waals surface area contributed by atoms with Gasteiger partial charge in [-0.05, 0) is 73.3 Å². The molecule has 0 aliphatic carbocycles. The fourth-order valence-electron chi connectivity index (χ4n) is 5.59. The normalized spacial score (nSPS) is 11.5. The highest BCUT2D eigenvalue weighted by Crippen LogP contribution is 2.42. The highest BCUT2D eigenvalue weighted by molar-refractivity contribution is 7.80. The van der Waals surface area contributed by atoms with E-state index < -0.39 is 7.92 Å². The molecule has 0 aliphatic heterocycles. The van der Waals surface area contributed by atoms with Crippen LogP contribution in [0.5, 0.6) is 0 Å². The second-order valence-corrected chi connectivity index (χ2v) is 11.6. The van der Waals surface area contributed by atoms with Crippen LogP contribution in [0.1, 0.15) is 0 Å². The first-order chi connectivity index (χ1) is 18.4. The Hall–Kier alpha value is -4.25. The number of hydrogen-bond donors (Lipinski definition) is 0. The second-order valence-electron chi connectivity index (χ2n) is 9.38. The summed E-state index contributed by atoms with van der Waals surface area (Å²) in [4.78, 5) is 0. The summed E-state index contributed by atoms with van der Waals surface area (Å²) in [5.41, 5.74) is 2.60. The lowest BCUT2D eigenvalue weighted by atomic mass is 9.91. The predicted octanol–water partition coefficient (Wildman–Crippen LogP) is 8.57. The molecule has 0 unspecified atom stereocenters. The van der Waals surface area contributed by atoms with Gasteiger partial charge in [0.15, 0.2) is 0 Å². The van der Waals surface area contributed by atoms with Crippen LogP contribution in [0.4, 0.5) is 0 Å². The molecule has 0 bridgehead atoms. The Kier molecular flexibility index (Phi) is 5.54. The third kappa shape index (κ3) is 3.82. The van der Waals surface area contributed by atoms with Crippen LogP contribution in [-0.4, -0.2) is 0 Å². The highest BCUT2D eigenvalue weighted by atomic mass is 31.1. The first kappa shape index (κ1) is 22.0. The third-order valence-corrected chi connectivity index (χ3v) is 9.69. The number of rotatable bonds is 4. The van der Waals surface area contributed by atoms with E-state index in [0.29, 0.717) is 0 Å². The first-order valence-electron chi connectivity index (χ1n) is 12.7. The molecule has 0 aromatic heterocycles. The Morgan fingerprint density at radius 3 is 1.59 bits per heavy atom. The monoisotopic (exact) mass is 488 g/mol. The van der Waals surface area contributed by atoms with Crippen LogP contribution in [0.25, 0.3) is 43.4 Å². The molecule has 7 aromatic rings. The van der Waals surface area contributed by atoms with Crippen LogP contribution in [0.3, 0.4) is 0 Å². The van der Waals surface area contributed by atoms with Crippen LogP contribution in [-0.2, 0) is 0 Å². The van der Waals surface area contributed by atoms with E-state index >= 15 is 0 Å². The zero-order chi connectivity index (χ0) is 24.6. The van der Waals surface area contributed by atoms with Gasteiger partial charge in [0.25, 0.3) is 0 Å². The van der Waals surface area contributed by atoms with Gasteiger partial charge >= 0.3 is 0 Å². The van der Waals surface area contributed by atoms with Crippen molar-refractivity contribution in [3.8, 4) is 11.1 Å². The molecule has 0 saturated heterocycles. The Morgan fingerprint density at radius 1 is 0.351 bits per heavy atom. The Morgan fingerprint density at radius 2 is 0.892 bits per heavy atom. The molecule has 0 amide bonds. The summed E-state index contributed by atoms with van der Waals surface area (Å²) < 4.78 is 0. The average Bonchev–Trinajstić information content (AvgIpc) is 2.98. The fraction of sp³-hybridized carbons (Fsp3) is 0. The molecule has 174 valence electrons. The maximum atomic E-state index is 2.39. The van der Waals surface area contributed by atoms with Crippen LogP contribution in [0.15, 0.2) is 152 Å². The molecule has 1 heteroatoms. The summed E-state index contributed by atoms with van der Waals surface area (Å²) in [6.07, 6.45) is 0. The largest absolute Gasteiger partial charge is 0.0622 e. The van der Waals surface area contributed by atoms with Crippen LogP contribution >= 0.6 is 7.92 Å². The number of hydrogen-bond acceptors (Lipinski definition) is 0. The van der Waals surface area contributed by atoms with Gasteiger partial charge in [-0.15, -0.1) is 0 Å². The van der Waals surface area contributed by atoms with Crippen molar-refractivity contribution in [1.29, 1.82) is 0 Å². The van der Waals surface area contributed by atoms with Gasteiger partial charge in [-0.1, -0.05) is 146 Å². The van der Waals surface area contributed by atoms with Crippen LogP contribution < -0.4 is 15.9 Å². The van der Waals surface area contributed by atoms with Gasteiger partial charge in [0.2, 0.25) is 0 Å². The van der Waals surface area contributed by atoms with Crippen LogP contribution in [0, 0.1) is 0 Å². The minimum Gasteiger partial charge on any atom is -0.0622 e. The minimum atomic E-state index is -0.730. The van der Waals surface area contributed by atoms with Crippen molar-refractivity contribution in [1.82, 2.24) is 0 Å². The Bertz CT molecular complexity index is 1830. The summed E-state index contributed by atoms with van der Waals surface area (Å²) in [6.45, 7) is 0. The van der Waals surface area contributed by atoms with E-state index in [0.717, 1.165) is 0 Å². The van der Waals surface area contributed by atoms with Gasteiger partial charge in [0.1, 0.15) is 0 Å². The molecule has 0 N–H and O–H groups in total. The summed E-state index contributed by atoms with van der Waals surface area (Å²) >= 11 is 0. The molecule has 0 radical (unpaired) electrons. The van der Waals surface area contributed by atoms with Crippen molar-refractivity contribution in [2.45, 2.75) is 0 Å². The maximum absolute atomic E-state index is 2.39. The molecule has 0 heterocycles. The minimum absolute atomic E-state index is 0.730. The van der Waals surface area contributed by atoms with Gasteiger partial charge in [-0.2, -0.15) is 0 Å². The number of benzene rings is 7. The summed E-state index contributed by atoms with van der Waals surface area (Å²) in [7, 11) is -0.730. The summed E-state index contributed by atoms with van der Waals surface area (Å²) in [5.74, 6) is 0. The summed E-state index contributed by atoms with van der Waals surface area (Å²) in [5, 5.41) is 12.0. The topological polar surface area (TPSA) is 0 Å². The van der Waals surface area contributed by atoms with Gasteiger partial charge in [0.05, 0.1) is 0 Å². The smallest absolute Gasteiger partial charge is 0.00215 e. The van der Waals surface area contributed by atoms with E-state index in [1.54, 1.807) is 0 Å². The molecule has 0 aliphatic rings. The highest BCUT2D eigenvalue weighted by Gasteiger charge is 2.21. The zero-order valence-electron chi connectivity index (χ0n) is 20.4. The van der Waals surface area contributed by atoms with Crippen molar-refractivity contribution >= 4 is 56.2 Å². The van der Waals surface area contributed by atoms with E-state index in [9.17, 15) is 0 Å². The Labute approximate surface area is 218 Å². The number of fused-ring (bicyclic) bond motifs is 4. The van der Waals surface area contributed by atoms with Crippen molar-refractivity contribution in [2.75, 3.05) is 0 Å². The van der Waals surface area contributed by atoms with Gasteiger partial charge in [-0.3, -0.25) is 0 Å². The first-order valence-corrected chi connectivity index (χ1v) is 14.1. The van der Waals surface area contributed by atoms with Crippen molar-refractivity contribution in [3.63, 3.8) is 0 Å². The van der Waals surface area contributed by atoms with E-state index in [1.807, 2.05) is 0 Å². The second kappa shape index (κ2) is 9.32. The van der Waals surface area contributed by atoms with Gasteiger partial charge in [0, 0.05) is 0 Å². The third-order valence-electron chi connectivity index (χ3n) is 7.21. The van der Waals surface area contributed by atoms with E-state index in [2.05, 4.69) is 152 Å². The molecule has 7 rings (SSSR count). The SMILES string of the molecule is c1ccc(P(c2ccccc2)c2cccc3cccc(-c4cc5ccccc5c5ccccc45)c23)cc1. The summed E-state index contributed by atoms with van der Waals surface area (Å²) in [6, 6.07) is 55.6. The van der Waals surface area contributed by atoms with E-state index in [1.165, 1.54) is 59.4 Å². The van der Waals surface area contributed by atoms with Gasteiger partial charge in [-0.25, -0.2) is 0 Å². The zero-order valence-corrected chi connectivity index (χ0v) is 21.3. The molecular formula is C36H25P. The fourth-order valence-corrected chi connectivity index (χ4v) is 8.09. The standard InChI is InChI=1S/C36H25P/c1-3-16-28(17-4-1)37(29-18-5-2-6-19-29)35-24-12-15-26-14-11-23-33(36(26)35)34-25-27-13-7-8-20-30(27)31-21-9-10-22-32(31)34/h1-25H. The lowest BCUT2D eigenvalue weighted by Gasteiger charge is -2.23. The van der Waals surface area contributed by atoms with Gasteiger partial charge < -0.3 is 0 Å². The molecule has 0 saturated carbocycles. The van der Waals surface area contributed by atoms with E-state index in [-0.39, 0.29) is 0 Å². The Balaban J connectivity index is 1.59. The molecule has 0 atom stereocenters. The molecule has 7 aromatic carbocycles. The van der Waals surface area contributed by atoms with Crippen molar-refractivity contribution in [2.24, 2.45) is 0 Å². The molecule has 0 fully saturated rings. The van der Waals surface area contributed by atoms with Crippen LogP contribution in [0.2, 0.25) is 0 Å². The average molecular weight is 489 g/mol. The lowest BCUT2D eigenvalue weighted by Crippen LogP contribution is -2.21. The molecular weight excluding hydrogens is 463 g/mol. The van der Waals surface area contributed by atoms with E-state index in [4.69, 9.17) is 0 Å². The van der Waals surface area contributed by atoms with Crippen molar-refractivity contribution < 1.29 is 0 Å². The van der Waals surface area contributed by atoms with Crippen molar-refractivity contribution in [3.05, 3.63) is 152 Å². The molecule has 37 heavy (non-hydrogen) atoms. The lowest BCUT2D eigenvalue weighted by molar-refractivity contribution is 1.71. The predicted molar refractivity (Wildman–Crippen MR) is 163 cm³/mol. The quantitative estimate of drug-likeness (QED) is 0.172. The molecule has 0 nitrogen and oxygen atoms in total.